The van der Waals surface area contributed by atoms with Crippen LogP contribution in [0.3, 0.4) is 0 Å². The molecule has 3 aliphatic rings. The van der Waals surface area contributed by atoms with Crippen LogP contribution in [-0.2, 0) is 16.1 Å². The molecule has 2 aromatic rings. The summed E-state index contributed by atoms with van der Waals surface area (Å²) in [7, 11) is 0. The number of fused-ring (bicyclic) bond motifs is 5. The van der Waals surface area contributed by atoms with Gasteiger partial charge in [0.15, 0.2) is 4.33 Å². The molecule has 2 aliphatic carbocycles. The molecule has 1 aliphatic heterocycles. The van der Waals surface area contributed by atoms with E-state index in [1.807, 2.05) is 0 Å². The van der Waals surface area contributed by atoms with Crippen molar-refractivity contribution in [3.05, 3.63) is 83.8 Å². The van der Waals surface area contributed by atoms with Crippen molar-refractivity contribution in [3.63, 3.8) is 0 Å². The van der Waals surface area contributed by atoms with E-state index < -0.39 is 60.8 Å². The highest BCUT2D eigenvalue weighted by atomic mass is 35.5. The van der Waals surface area contributed by atoms with Crippen LogP contribution < -0.4 is 0 Å². The second-order valence-electron chi connectivity index (χ2n) is 8.94. The van der Waals surface area contributed by atoms with Crippen molar-refractivity contribution in [1.29, 1.82) is 0 Å². The molecule has 1 saturated heterocycles. The summed E-state index contributed by atoms with van der Waals surface area (Å²) in [5.41, 5.74) is -0.615. The summed E-state index contributed by atoms with van der Waals surface area (Å²) in [5, 5.41) is 12.4. The van der Waals surface area contributed by atoms with Gasteiger partial charge in [0.05, 0.1) is 49.5 Å². The summed E-state index contributed by atoms with van der Waals surface area (Å²) in [4.78, 5) is 48.5. The Hall–Kier alpha value is -1.49. The SMILES string of the molecule is O=C(c1ccccc1Cl)N(Cc1ccc(Cl)cc1[N+](=O)[O-])N1C(=O)[C@H]2[C@H](C1=O)[C@@]1(Cl)C(Cl)=C(Cl)[C@@]2(Cl)C1(Cl)Cl. The minimum atomic E-state index is -2.18. The first-order valence-corrected chi connectivity index (χ1v) is 13.8. The molecule has 0 radical (unpaired) electrons. The third kappa shape index (κ3) is 3.69. The summed E-state index contributed by atoms with van der Waals surface area (Å²) < 4.78 is -2.18. The maximum absolute atomic E-state index is 13.9. The Bertz CT molecular complexity index is 1490. The van der Waals surface area contributed by atoms with Gasteiger partial charge in [-0.05, 0) is 24.3 Å². The lowest BCUT2D eigenvalue weighted by Crippen LogP contribution is -2.55. The van der Waals surface area contributed by atoms with E-state index in [1.165, 1.54) is 30.3 Å². The van der Waals surface area contributed by atoms with E-state index >= 15 is 0 Å². The molecular formula is C23H11Cl8N3O5. The van der Waals surface area contributed by atoms with Gasteiger partial charge in [-0.3, -0.25) is 24.5 Å². The average molecular weight is 693 g/mol. The second-order valence-corrected chi connectivity index (χ2v) is 13.1. The van der Waals surface area contributed by atoms with Crippen LogP contribution in [0.1, 0.15) is 15.9 Å². The number of imide groups is 1. The molecule has 0 N–H and O–H groups in total. The number of allylic oxidation sites excluding steroid dienone is 2. The number of halogens is 8. The van der Waals surface area contributed by atoms with Gasteiger partial charge >= 0.3 is 0 Å². The molecule has 8 nitrogen and oxygen atoms in total. The number of alkyl halides is 4. The van der Waals surface area contributed by atoms with E-state index in [9.17, 15) is 24.5 Å². The second kappa shape index (κ2) is 9.53. The lowest BCUT2D eigenvalue weighted by molar-refractivity contribution is -0.385. The maximum Gasteiger partial charge on any atom is 0.275 e. The lowest BCUT2D eigenvalue weighted by atomic mass is 9.84. The van der Waals surface area contributed by atoms with Gasteiger partial charge in [-0.15, -0.1) is 23.2 Å². The number of carbonyl (C=O) groups excluding carboxylic acids is 3. The molecule has 0 unspecified atom stereocenters. The summed E-state index contributed by atoms with van der Waals surface area (Å²) in [5.74, 6) is -6.04. The fourth-order valence-electron chi connectivity index (χ4n) is 5.23. The molecule has 3 amide bonds. The Kier molecular flexibility index (Phi) is 7.09. The van der Waals surface area contributed by atoms with Gasteiger partial charge in [0.2, 0.25) is 0 Å². The smallest absolute Gasteiger partial charge is 0.272 e. The minimum Gasteiger partial charge on any atom is -0.272 e. The quantitative estimate of drug-likeness (QED) is 0.147. The van der Waals surface area contributed by atoms with Gasteiger partial charge in [0.25, 0.3) is 23.4 Å². The molecule has 4 atom stereocenters. The van der Waals surface area contributed by atoms with E-state index in [0.717, 1.165) is 6.07 Å². The molecule has 1 heterocycles. The molecule has 2 aromatic carbocycles. The number of amides is 3. The van der Waals surface area contributed by atoms with E-state index in [0.29, 0.717) is 10.0 Å². The molecule has 5 rings (SSSR count). The highest BCUT2D eigenvalue weighted by molar-refractivity contribution is 6.66. The number of nitro groups is 1. The molecule has 0 aromatic heterocycles. The molecule has 0 spiro atoms. The van der Waals surface area contributed by atoms with Crippen LogP contribution in [0.25, 0.3) is 0 Å². The number of rotatable bonds is 5. The average Bonchev–Trinajstić information content (AvgIpc) is 3.26. The van der Waals surface area contributed by atoms with E-state index in [-0.39, 0.29) is 31.2 Å². The van der Waals surface area contributed by atoms with Crippen molar-refractivity contribution in [2.75, 3.05) is 0 Å². The molecule has 16 heteroatoms. The third-order valence-corrected chi connectivity index (χ3v) is 11.9. The Morgan fingerprint density at radius 1 is 0.923 bits per heavy atom. The van der Waals surface area contributed by atoms with Crippen molar-refractivity contribution in [3.8, 4) is 0 Å². The number of hydrogen-bond acceptors (Lipinski definition) is 5. The van der Waals surface area contributed by atoms with Crippen LogP contribution in [-0.4, -0.2) is 46.7 Å². The lowest BCUT2D eigenvalue weighted by Gasteiger charge is -2.37. The molecule has 2 bridgehead atoms. The van der Waals surface area contributed by atoms with Crippen molar-refractivity contribution in [2.24, 2.45) is 11.8 Å². The number of carbonyl (C=O) groups is 3. The molecular weight excluding hydrogens is 682 g/mol. The number of hydrazine groups is 1. The zero-order valence-corrected chi connectivity index (χ0v) is 24.9. The maximum atomic E-state index is 13.9. The summed E-state index contributed by atoms with van der Waals surface area (Å²) in [6.07, 6.45) is 0. The number of nitrogens with zero attached hydrogens (tertiary/aromatic N) is 3. The van der Waals surface area contributed by atoms with Crippen LogP contribution in [0.4, 0.5) is 5.69 Å². The first-order valence-electron chi connectivity index (χ1n) is 10.8. The minimum absolute atomic E-state index is 0.00613. The van der Waals surface area contributed by atoms with Crippen LogP contribution in [0.15, 0.2) is 52.5 Å². The largest absolute Gasteiger partial charge is 0.275 e. The Morgan fingerprint density at radius 3 is 1.97 bits per heavy atom. The van der Waals surface area contributed by atoms with E-state index in [1.54, 1.807) is 6.07 Å². The molecule has 39 heavy (non-hydrogen) atoms. The van der Waals surface area contributed by atoms with Crippen molar-refractivity contribution < 1.29 is 19.3 Å². The highest BCUT2D eigenvalue weighted by Gasteiger charge is 2.88. The summed E-state index contributed by atoms with van der Waals surface area (Å²) in [6.45, 7) is -0.624. The van der Waals surface area contributed by atoms with Gasteiger partial charge in [-0.2, -0.15) is 5.01 Å². The monoisotopic (exact) mass is 689 g/mol. The van der Waals surface area contributed by atoms with Crippen LogP contribution >= 0.6 is 92.8 Å². The summed E-state index contributed by atoms with van der Waals surface area (Å²) in [6, 6.07) is 9.54. The fraction of sp³-hybridized carbons (Fsp3) is 0.261. The first-order chi connectivity index (χ1) is 18.1. The van der Waals surface area contributed by atoms with Crippen molar-refractivity contribution in [1.82, 2.24) is 10.0 Å². The first kappa shape index (κ1) is 29.0. The number of hydrogen-bond donors (Lipinski definition) is 0. The van der Waals surface area contributed by atoms with Crippen LogP contribution in [0.2, 0.25) is 10.0 Å². The highest BCUT2D eigenvalue weighted by Crippen LogP contribution is 2.77. The third-order valence-electron chi connectivity index (χ3n) is 7.03. The Morgan fingerprint density at radius 2 is 1.46 bits per heavy atom. The zero-order chi connectivity index (χ0) is 28.8. The summed E-state index contributed by atoms with van der Waals surface area (Å²) >= 11 is 51.5. The number of benzene rings is 2. The predicted molar refractivity (Wildman–Crippen MR) is 149 cm³/mol. The van der Waals surface area contributed by atoms with Gasteiger partial charge in [0, 0.05) is 11.1 Å². The fourth-order valence-corrected chi connectivity index (χ4v) is 8.54. The van der Waals surface area contributed by atoms with E-state index in [4.69, 9.17) is 92.8 Å². The Labute approximate surface area is 260 Å². The van der Waals surface area contributed by atoms with Crippen molar-refractivity contribution >= 4 is 116 Å². The van der Waals surface area contributed by atoms with Gasteiger partial charge in [-0.25, -0.2) is 5.01 Å². The normalized spacial score (nSPS) is 28.8. The van der Waals surface area contributed by atoms with E-state index in [2.05, 4.69) is 0 Å². The molecule has 204 valence electrons. The van der Waals surface area contributed by atoms with Gasteiger partial charge < -0.3 is 0 Å². The topological polar surface area (TPSA) is 101 Å². The van der Waals surface area contributed by atoms with Crippen molar-refractivity contribution in [2.45, 2.75) is 20.6 Å². The Balaban J connectivity index is 1.66. The standard InChI is InChI=1S/C23H11Cl8N3O5/c24-10-6-5-9(13(7-10)34(38)39)8-32(18(35)11-3-1-2-4-12(11)25)33-19(36)14-15(20(33)37)22(29)17(27)16(26)21(14,28)23(22,30)31/h1-7,14-15H,8H2/t14-,15-,21-,22-/m1/s1. The predicted octanol–water partition coefficient (Wildman–Crippen LogP) is 6.91. The zero-order valence-electron chi connectivity index (χ0n) is 18.8. The number of nitro benzene ring substituents is 1. The van der Waals surface area contributed by atoms with Crippen LogP contribution in [0, 0.1) is 22.0 Å². The van der Waals surface area contributed by atoms with Crippen LogP contribution in [0.5, 0.6) is 0 Å². The van der Waals surface area contributed by atoms with Gasteiger partial charge in [-0.1, -0.05) is 81.7 Å². The molecule has 2 fully saturated rings. The van der Waals surface area contributed by atoms with Gasteiger partial charge in [0.1, 0.15) is 9.75 Å². The molecule has 1 saturated carbocycles.